The molecule has 0 spiro atoms. The highest BCUT2D eigenvalue weighted by Crippen LogP contribution is 2.19. The molecule has 1 amide bonds. The molecule has 0 saturated heterocycles. The number of amides is 1. The molecule has 0 bridgehead atoms. The Morgan fingerprint density at radius 2 is 1.70 bits per heavy atom. The number of esters is 1. The molecule has 33 heavy (non-hydrogen) atoms. The van der Waals surface area contributed by atoms with Gasteiger partial charge < -0.3 is 10.1 Å². The van der Waals surface area contributed by atoms with Gasteiger partial charge in [0.15, 0.2) is 0 Å². The third-order valence-electron chi connectivity index (χ3n) is 4.91. The molecule has 7 heteroatoms. The lowest BCUT2D eigenvalue weighted by atomic mass is 10.1. The number of rotatable bonds is 6. The van der Waals surface area contributed by atoms with Gasteiger partial charge in [0.25, 0.3) is 5.56 Å². The Labute approximate surface area is 189 Å². The van der Waals surface area contributed by atoms with Gasteiger partial charge in [0.05, 0.1) is 17.5 Å². The van der Waals surface area contributed by atoms with E-state index in [1.165, 1.54) is 10.8 Å². The van der Waals surface area contributed by atoms with Gasteiger partial charge in [-0.1, -0.05) is 54.6 Å². The summed E-state index contributed by atoms with van der Waals surface area (Å²) in [6.07, 6.45) is 2.99. The Balaban J connectivity index is 1.43. The Morgan fingerprint density at radius 3 is 2.48 bits per heavy atom. The highest BCUT2D eigenvalue weighted by Gasteiger charge is 2.13. The maximum Gasteiger partial charge on any atom is 0.336 e. The fourth-order valence-corrected chi connectivity index (χ4v) is 3.38. The number of aromatic nitrogens is 2. The first-order chi connectivity index (χ1) is 16.0. The van der Waals surface area contributed by atoms with Gasteiger partial charge in [-0.05, 0) is 29.8 Å². The second-order valence-corrected chi connectivity index (χ2v) is 7.34. The van der Waals surface area contributed by atoms with Crippen molar-refractivity contribution >= 4 is 34.4 Å². The minimum absolute atomic E-state index is 0.0154. The molecule has 0 aliphatic rings. The second kappa shape index (κ2) is 9.74. The summed E-state index contributed by atoms with van der Waals surface area (Å²) in [4.78, 5) is 37.0. The monoisotopic (exact) mass is 439 g/mol. The molecular weight excluding hydrogens is 418 g/mol. The quantitative estimate of drug-likeness (QED) is 0.281. The van der Waals surface area contributed by atoms with Crippen LogP contribution in [-0.4, -0.2) is 21.7 Å². The average Bonchev–Trinajstić information content (AvgIpc) is 2.82. The molecule has 0 radical (unpaired) electrons. The number of anilines is 1. The Kier molecular flexibility index (Phi) is 6.40. The first-order valence-electron chi connectivity index (χ1n) is 10.3. The van der Waals surface area contributed by atoms with Crippen molar-refractivity contribution in [3.8, 4) is 5.75 Å². The van der Waals surface area contributed by atoms with Crippen LogP contribution in [0, 0.1) is 0 Å². The molecule has 4 rings (SSSR count). The van der Waals surface area contributed by atoms with Crippen molar-refractivity contribution in [2.45, 2.75) is 6.42 Å². The smallest absolute Gasteiger partial charge is 0.336 e. The van der Waals surface area contributed by atoms with Crippen molar-refractivity contribution in [1.29, 1.82) is 0 Å². The van der Waals surface area contributed by atoms with Gasteiger partial charge in [-0.25, -0.2) is 9.48 Å². The van der Waals surface area contributed by atoms with Crippen LogP contribution in [0.2, 0.25) is 0 Å². The van der Waals surface area contributed by atoms with E-state index in [9.17, 15) is 14.4 Å². The molecule has 0 fully saturated rings. The summed E-state index contributed by atoms with van der Waals surface area (Å²) in [5.41, 5.74) is 1.64. The molecule has 1 N–H and O–H groups in total. The van der Waals surface area contributed by atoms with Crippen LogP contribution >= 0.6 is 0 Å². The molecular formula is C26H21N3O4. The van der Waals surface area contributed by atoms with E-state index in [2.05, 4.69) is 10.4 Å². The van der Waals surface area contributed by atoms with Crippen molar-refractivity contribution < 1.29 is 14.3 Å². The van der Waals surface area contributed by atoms with Crippen molar-refractivity contribution in [1.82, 2.24) is 9.78 Å². The van der Waals surface area contributed by atoms with Crippen LogP contribution in [0.3, 0.4) is 0 Å². The molecule has 0 aliphatic carbocycles. The molecule has 0 aliphatic heterocycles. The normalized spacial score (nSPS) is 10.9. The summed E-state index contributed by atoms with van der Waals surface area (Å²) in [5.74, 6) is -0.525. The highest BCUT2D eigenvalue weighted by atomic mass is 16.5. The number of aryl methyl sites for hydroxylation is 1. The molecule has 0 atom stereocenters. The third kappa shape index (κ3) is 5.40. The van der Waals surface area contributed by atoms with Crippen LogP contribution in [-0.2, 0) is 23.1 Å². The second-order valence-electron chi connectivity index (χ2n) is 7.34. The van der Waals surface area contributed by atoms with E-state index in [0.29, 0.717) is 27.9 Å². The summed E-state index contributed by atoms with van der Waals surface area (Å²) in [6.45, 7) is 0. The van der Waals surface area contributed by atoms with Crippen LogP contribution in [0.5, 0.6) is 5.75 Å². The van der Waals surface area contributed by atoms with E-state index < -0.39 is 5.97 Å². The number of fused-ring (bicyclic) bond motifs is 1. The Hall–Kier alpha value is -4.52. The number of carbonyl (C=O) groups is 2. The van der Waals surface area contributed by atoms with E-state index in [1.54, 1.807) is 61.7 Å². The lowest BCUT2D eigenvalue weighted by Crippen LogP contribution is -2.24. The summed E-state index contributed by atoms with van der Waals surface area (Å²) < 4.78 is 6.57. The van der Waals surface area contributed by atoms with Crippen molar-refractivity contribution in [2.24, 2.45) is 7.05 Å². The fourth-order valence-electron chi connectivity index (χ4n) is 3.38. The van der Waals surface area contributed by atoms with E-state index in [0.717, 1.165) is 5.56 Å². The number of ether oxygens (including phenoxy) is 1. The standard InChI is InChI=1S/C26H21N3O4/c1-29-26(32)22-13-6-5-12-21(22)23(28-29)17-24(30)27-19-10-7-11-20(16-19)33-25(31)15-14-18-8-3-2-4-9-18/h2-16H,17H2,1H3,(H,27,30). The van der Waals surface area contributed by atoms with Gasteiger partial charge in [-0.3, -0.25) is 9.59 Å². The van der Waals surface area contributed by atoms with Gasteiger partial charge in [0.2, 0.25) is 5.91 Å². The van der Waals surface area contributed by atoms with Gasteiger partial charge in [0, 0.05) is 30.3 Å². The first kappa shape index (κ1) is 21.7. The zero-order valence-electron chi connectivity index (χ0n) is 17.9. The van der Waals surface area contributed by atoms with E-state index in [4.69, 9.17) is 4.74 Å². The zero-order valence-corrected chi connectivity index (χ0v) is 17.9. The number of nitrogens with zero attached hydrogens (tertiary/aromatic N) is 2. The first-order valence-corrected chi connectivity index (χ1v) is 10.3. The van der Waals surface area contributed by atoms with Crippen LogP contribution in [0.25, 0.3) is 16.8 Å². The summed E-state index contributed by atoms with van der Waals surface area (Å²) >= 11 is 0. The van der Waals surface area contributed by atoms with Crippen LogP contribution in [0.4, 0.5) is 5.69 Å². The third-order valence-corrected chi connectivity index (χ3v) is 4.91. The molecule has 1 heterocycles. The summed E-state index contributed by atoms with van der Waals surface area (Å²) in [5, 5.41) is 8.19. The molecule has 3 aromatic carbocycles. The number of carbonyl (C=O) groups excluding carboxylic acids is 2. The molecule has 7 nitrogen and oxygen atoms in total. The lowest BCUT2D eigenvalue weighted by molar-refractivity contribution is -0.128. The van der Waals surface area contributed by atoms with Crippen molar-refractivity contribution in [3.63, 3.8) is 0 Å². The molecule has 164 valence electrons. The maximum absolute atomic E-state index is 12.7. The maximum atomic E-state index is 12.7. The van der Waals surface area contributed by atoms with Crippen LogP contribution in [0.15, 0.2) is 89.7 Å². The van der Waals surface area contributed by atoms with Gasteiger partial charge in [-0.2, -0.15) is 5.10 Å². The average molecular weight is 439 g/mol. The summed E-state index contributed by atoms with van der Waals surface area (Å²) in [6, 6.07) is 23.0. The number of nitrogens with one attached hydrogen (secondary N) is 1. The SMILES string of the molecule is Cn1nc(CC(=O)Nc2cccc(OC(=O)C=Cc3ccccc3)c2)c2ccccc2c1=O. The molecule has 0 saturated carbocycles. The van der Waals surface area contributed by atoms with E-state index in [-0.39, 0.29) is 17.9 Å². The van der Waals surface area contributed by atoms with Crippen molar-refractivity contribution in [2.75, 3.05) is 5.32 Å². The fraction of sp³-hybridized carbons (Fsp3) is 0.0769. The van der Waals surface area contributed by atoms with Crippen LogP contribution < -0.4 is 15.6 Å². The van der Waals surface area contributed by atoms with Crippen molar-refractivity contribution in [3.05, 3.63) is 107 Å². The van der Waals surface area contributed by atoms with Gasteiger partial charge in [0.1, 0.15) is 5.75 Å². The lowest BCUT2D eigenvalue weighted by Gasteiger charge is -2.10. The largest absolute Gasteiger partial charge is 0.423 e. The zero-order chi connectivity index (χ0) is 23.2. The molecule has 0 unspecified atom stereocenters. The molecule has 1 aromatic heterocycles. The van der Waals surface area contributed by atoms with E-state index in [1.807, 2.05) is 30.3 Å². The minimum atomic E-state index is -0.525. The van der Waals surface area contributed by atoms with Crippen LogP contribution in [0.1, 0.15) is 11.3 Å². The van der Waals surface area contributed by atoms with Gasteiger partial charge in [-0.15, -0.1) is 0 Å². The predicted octanol–water partition coefficient (Wildman–Crippen LogP) is 3.73. The molecule has 4 aromatic rings. The topological polar surface area (TPSA) is 90.3 Å². The minimum Gasteiger partial charge on any atom is -0.423 e. The number of hydrogen-bond acceptors (Lipinski definition) is 5. The van der Waals surface area contributed by atoms with E-state index >= 15 is 0 Å². The number of benzene rings is 3. The summed E-state index contributed by atoms with van der Waals surface area (Å²) in [7, 11) is 1.56. The number of hydrogen-bond donors (Lipinski definition) is 1. The van der Waals surface area contributed by atoms with Gasteiger partial charge >= 0.3 is 5.97 Å². The highest BCUT2D eigenvalue weighted by molar-refractivity contribution is 5.95. The Morgan fingerprint density at radius 1 is 0.970 bits per heavy atom. The Bertz CT molecular complexity index is 1410. The predicted molar refractivity (Wildman–Crippen MR) is 127 cm³/mol.